The van der Waals surface area contributed by atoms with Crippen molar-refractivity contribution in [2.24, 2.45) is 0 Å². The minimum Gasteiger partial charge on any atom is -0.467 e. The van der Waals surface area contributed by atoms with Gasteiger partial charge < -0.3 is 14.2 Å². The molecule has 0 aliphatic heterocycles. The number of esters is 2. The van der Waals surface area contributed by atoms with E-state index < -0.39 is 18.0 Å². The molecule has 0 bridgehead atoms. The van der Waals surface area contributed by atoms with Crippen molar-refractivity contribution in [3.63, 3.8) is 0 Å². The largest absolute Gasteiger partial charge is 0.467 e. The number of alkyl halides is 1. The van der Waals surface area contributed by atoms with E-state index in [4.69, 9.17) is 9.47 Å². The summed E-state index contributed by atoms with van der Waals surface area (Å²) in [5.41, 5.74) is 1.71. The topological polar surface area (TPSA) is 61.8 Å². The van der Waals surface area contributed by atoms with Crippen LogP contribution < -0.4 is 0 Å². The number of carbonyl (C=O) groups is 2. The number of benzene rings is 1. The van der Waals surface area contributed by atoms with E-state index in [1.165, 1.54) is 7.11 Å². The lowest BCUT2D eigenvalue weighted by Gasteiger charge is -2.15. The molecule has 22 heavy (non-hydrogen) atoms. The molecule has 0 aromatic heterocycles. The van der Waals surface area contributed by atoms with Gasteiger partial charge >= 0.3 is 11.9 Å². The first-order chi connectivity index (χ1) is 10.6. The maximum atomic E-state index is 11.8. The van der Waals surface area contributed by atoms with E-state index in [1.54, 1.807) is 0 Å². The van der Waals surface area contributed by atoms with Gasteiger partial charge in [-0.25, -0.2) is 4.79 Å². The van der Waals surface area contributed by atoms with Crippen LogP contribution in [-0.4, -0.2) is 36.2 Å². The molecule has 120 valence electrons. The monoisotopic (exact) mass is 418 g/mol. The Balaban J connectivity index is 2.48. The molecule has 1 atom stereocenters. The van der Waals surface area contributed by atoms with Crippen molar-refractivity contribution in [3.8, 4) is 0 Å². The quantitative estimate of drug-likeness (QED) is 0.267. The van der Waals surface area contributed by atoms with Crippen LogP contribution in [0.2, 0.25) is 0 Å². The zero-order chi connectivity index (χ0) is 16.4. The van der Waals surface area contributed by atoms with Crippen LogP contribution in [0.25, 0.3) is 0 Å². The predicted octanol–water partition coefficient (Wildman–Crippen LogP) is 2.67. The Morgan fingerprint density at radius 3 is 2.55 bits per heavy atom. The van der Waals surface area contributed by atoms with Crippen LogP contribution in [0.4, 0.5) is 0 Å². The number of hydrogen-bond donors (Lipinski definition) is 0. The van der Waals surface area contributed by atoms with Crippen molar-refractivity contribution in [2.45, 2.75) is 19.1 Å². The third-order valence-electron chi connectivity index (χ3n) is 2.74. The summed E-state index contributed by atoms with van der Waals surface area (Å²) >= 11 is 2.14. The van der Waals surface area contributed by atoms with E-state index in [0.717, 1.165) is 11.1 Å². The number of carbonyl (C=O) groups excluding carboxylic acids is 2. The number of methoxy groups -OCH3 is 1. The second kappa shape index (κ2) is 10.3. The SMILES string of the molecule is C=C(CI)CO[C@@H](CC(=O)OCc1ccccc1)C(=O)OC. The summed E-state index contributed by atoms with van der Waals surface area (Å²) in [7, 11) is 1.25. The van der Waals surface area contributed by atoms with Gasteiger partial charge in [-0.1, -0.05) is 59.5 Å². The lowest BCUT2D eigenvalue weighted by molar-refractivity contribution is -0.161. The number of ether oxygens (including phenoxy) is 3. The van der Waals surface area contributed by atoms with Crippen molar-refractivity contribution in [2.75, 3.05) is 18.1 Å². The van der Waals surface area contributed by atoms with Gasteiger partial charge in [-0.05, 0) is 11.1 Å². The third-order valence-corrected chi connectivity index (χ3v) is 3.82. The van der Waals surface area contributed by atoms with Gasteiger partial charge in [-0.15, -0.1) is 0 Å². The van der Waals surface area contributed by atoms with Crippen LogP contribution >= 0.6 is 22.6 Å². The molecule has 0 amide bonds. The first-order valence-corrected chi connectivity index (χ1v) is 8.21. The fraction of sp³-hybridized carbons (Fsp3) is 0.375. The molecule has 1 aromatic carbocycles. The Hall–Kier alpha value is -1.41. The summed E-state index contributed by atoms with van der Waals surface area (Å²) < 4.78 is 15.9. The Morgan fingerprint density at radius 2 is 1.95 bits per heavy atom. The lowest BCUT2D eigenvalue weighted by atomic mass is 10.2. The van der Waals surface area contributed by atoms with Gasteiger partial charge in [0.25, 0.3) is 0 Å². The van der Waals surface area contributed by atoms with Crippen LogP contribution in [0.3, 0.4) is 0 Å². The Kier molecular flexibility index (Phi) is 8.76. The van der Waals surface area contributed by atoms with E-state index >= 15 is 0 Å². The number of rotatable bonds is 9. The maximum absolute atomic E-state index is 11.8. The molecule has 0 unspecified atom stereocenters. The van der Waals surface area contributed by atoms with Gasteiger partial charge in [0.15, 0.2) is 6.10 Å². The fourth-order valence-corrected chi connectivity index (χ4v) is 1.77. The third kappa shape index (κ3) is 7.04. The number of halogens is 1. The summed E-state index contributed by atoms with van der Waals surface area (Å²) in [5, 5.41) is 0. The lowest BCUT2D eigenvalue weighted by Crippen LogP contribution is -2.30. The highest BCUT2D eigenvalue weighted by molar-refractivity contribution is 14.1. The maximum Gasteiger partial charge on any atom is 0.335 e. The molecule has 0 saturated heterocycles. The molecule has 0 spiro atoms. The summed E-state index contributed by atoms with van der Waals surface area (Å²) in [6, 6.07) is 9.31. The molecule has 0 radical (unpaired) electrons. The zero-order valence-electron chi connectivity index (χ0n) is 12.4. The summed E-state index contributed by atoms with van der Waals surface area (Å²) in [4.78, 5) is 23.5. The molecule has 0 aliphatic rings. The van der Waals surface area contributed by atoms with Crippen molar-refractivity contribution in [1.82, 2.24) is 0 Å². The molecule has 6 heteroatoms. The van der Waals surface area contributed by atoms with Crippen LogP contribution in [0.1, 0.15) is 12.0 Å². The predicted molar refractivity (Wildman–Crippen MR) is 90.6 cm³/mol. The summed E-state index contributed by atoms with van der Waals surface area (Å²) in [6.07, 6.45) is -1.17. The standard InChI is InChI=1S/C16H19IO5/c1-12(9-17)10-21-14(16(19)20-2)8-15(18)22-11-13-6-4-3-5-7-13/h3-7,14H,1,8-11H2,2H3/t14-/m0/s1. The second-order valence-electron chi connectivity index (χ2n) is 4.56. The van der Waals surface area contributed by atoms with E-state index in [-0.39, 0.29) is 19.6 Å². The molecule has 0 N–H and O–H groups in total. The van der Waals surface area contributed by atoms with Gasteiger partial charge in [0.1, 0.15) is 6.61 Å². The van der Waals surface area contributed by atoms with Gasteiger partial charge in [-0.3, -0.25) is 4.79 Å². The van der Waals surface area contributed by atoms with E-state index in [1.807, 2.05) is 30.3 Å². The minimum atomic E-state index is -0.979. The molecule has 0 fully saturated rings. The molecule has 1 aromatic rings. The van der Waals surface area contributed by atoms with Crippen molar-refractivity contribution in [3.05, 3.63) is 48.0 Å². The summed E-state index contributed by atoms with van der Waals surface area (Å²) in [6.45, 7) is 4.15. The Morgan fingerprint density at radius 1 is 1.27 bits per heavy atom. The van der Waals surface area contributed by atoms with Crippen molar-refractivity contribution >= 4 is 34.5 Å². The number of hydrogen-bond acceptors (Lipinski definition) is 5. The van der Waals surface area contributed by atoms with Gasteiger partial charge in [0, 0.05) is 4.43 Å². The minimum absolute atomic E-state index is 0.161. The van der Waals surface area contributed by atoms with E-state index in [9.17, 15) is 9.59 Å². The van der Waals surface area contributed by atoms with Crippen LogP contribution in [-0.2, 0) is 30.4 Å². The zero-order valence-corrected chi connectivity index (χ0v) is 14.6. The molecule has 0 aliphatic carbocycles. The average Bonchev–Trinajstić information content (AvgIpc) is 2.56. The van der Waals surface area contributed by atoms with Crippen LogP contribution in [0, 0.1) is 0 Å². The highest BCUT2D eigenvalue weighted by Gasteiger charge is 2.24. The highest BCUT2D eigenvalue weighted by Crippen LogP contribution is 2.08. The normalized spacial score (nSPS) is 11.5. The summed E-state index contributed by atoms with van der Waals surface area (Å²) in [5.74, 6) is -1.11. The van der Waals surface area contributed by atoms with Crippen LogP contribution in [0.15, 0.2) is 42.5 Å². The molecular formula is C16H19IO5. The molecule has 1 rings (SSSR count). The van der Waals surface area contributed by atoms with E-state index in [2.05, 4.69) is 33.9 Å². The van der Waals surface area contributed by atoms with Crippen molar-refractivity contribution in [1.29, 1.82) is 0 Å². The van der Waals surface area contributed by atoms with Crippen LogP contribution in [0.5, 0.6) is 0 Å². The molecular weight excluding hydrogens is 399 g/mol. The highest BCUT2D eigenvalue weighted by atomic mass is 127. The van der Waals surface area contributed by atoms with E-state index in [0.29, 0.717) is 4.43 Å². The van der Waals surface area contributed by atoms with Crippen molar-refractivity contribution < 1.29 is 23.8 Å². The Bertz CT molecular complexity index is 501. The van der Waals surface area contributed by atoms with Gasteiger partial charge in [0.2, 0.25) is 0 Å². The molecule has 0 heterocycles. The second-order valence-corrected chi connectivity index (χ2v) is 5.32. The molecule has 5 nitrogen and oxygen atoms in total. The first-order valence-electron chi connectivity index (χ1n) is 6.68. The fourth-order valence-electron chi connectivity index (χ4n) is 1.55. The Labute approximate surface area is 143 Å². The van der Waals surface area contributed by atoms with Gasteiger partial charge in [-0.2, -0.15) is 0 Å². The smallest absolute Gasteiger partial charge is 0.335 e. The molecule has 0 saturated carbocycles. The average molecular weight is 418 g/mol. The first kappa shape index (κ1) is 18.6. The van der Waals surface area contributed by atoms with Gasteiger partial charge in [0.05, 0.1) is 20.1 Å².